The monoisotopic (exact) mass is 367 g/mol. The van der Waals surface area contributed by atoms with Crippen molar-refractivity contribution >= 4 is 33.9 Å². The first-order valence-electron chi connectivity index (χ1n) is 7.13. The van der Waals surface area contributed by atoms with Gasteiger partial charge in [0.2, 0.25) is 5.13 Å². The minimum atomic E-state index is -2.58. The summed E-state index contributed by atoms with van der Waals surface area (Å²) < 4.78 is 27.1. The molecule has 0 aliphatic carbocycles. The van der Waals surface area contributed by atoms with Gasteiger partial charge in [-0.1, -0.05) is 29.2 Å². The van der Waals surface area contributed by atoms with E-state index >= 15 is 0 Å². The van der Waals surface area contributed by atoms with Crippen LogP contribution in [-0.2, 0) is 5.75 Å². The van der Waals surface area contributed by atoms with Crippen LogP contribution in [0.15, 0.2) is 34.9 Å². The lowest BCUT2D eigenvalue weighted by molar-refractivity contribution is 0.0678. The number of thioether (sulfide) groups is 1. The molecule has 2 heterocycles. The molecule has 0 atom stereocenters. The Morgan fingerprint density at radius 2 is 2.08 bits per heavy atom. The molecule has 0 radical (unpaired) electrons. The van der Waals surface area contributed by atoms with Crippen molar-refractivity contribution in [2.24, 2.45) is 0 Å². The summed E-state index contributed by atoms with van der Waals surface area (Å²) in [4.78, 5) is 3.95. The van der Waals surface area contributed by atoms with Gasteiger partial charge in [-0.15, -0.1) is 10.2 Å². The Balaban J connectivity index is 1.63. The molecule has 0 spiro atoms. The van der Waals surface area contributed by atoms with E-state index in [0.717, 1.165) is 10.3 Å². The number of halogens is 2. The van der Waals surface area contributed by atoms with Crippen molar-refractivity contribution in [3.8, 4) is 0 Å². The van der Waals surface area contributed by atoms with Gasteiger partial charge in [-0.2, -0.15) is 8.78 Å². The molecule has 24 heavy (non-hydrogen) atoms. The lowest BCUT2D eigenvalue weighted by atomic mass is 10.1. The van der Waals surface area contributed by atoms with E-state index in [2.05, 4.69) is 27.4 Å². The number of anilines is 2. The first kappa shape index (κ1) is 16.8. The Kier molecular flexibility index (Phi) is 5.10. The Bertz CT molecular complexity index is 831. The van der Waals surface area contributed by atoms with E-state index in [1.807, 2.05) is 25.1 Å². The van der Waals surface area contributed by atoms with Crippen LogP contribution >= 0.6 is 23.1 Å². The van der Waals surface area contributed by atoms with Crippen LogP contribution in [-0.4, -0.2) is 19.7 Å². The van der Waals surface area contributed by atoms with E-state index in [4.69, 9.17) is 0 Å². The number of rotatable bonds is 6. The van der Waals surface area contributed by atoms with Crippen molar-refractivity contribution in [1.29, 1.82) is 0 Å². The number of alkyl halides is 2. The van der Waals surface area contributed by atoms with Gasteiger partial charge in [-0.25, -0.2) is 4.98 Å². The standard InChI is InChI=1S/C15H15F2N5S2/c1-9-3-4-11(7-10(9)2)19-14-20-21-15(24-14)23-8-12-18-5-6-22(12)13(16)17/h3-7,13H,8H2,1-2H3,(H,19,20). The van der Waals surface area contributed by atoms with Crippen LogP contribution in [0, 0.1) is 13.8 Å². The Morgan fingerprint density at radius 1 is 1.25 bits per heavy atom. The zero-order chi connectivity index (χ0) is 17.1. The Morgan fingerprint density at radius 3 is 2.83 bits per heavy atom. The van der Waals surface area contributed by atoms with Gasteiger partial charge in [0.15, 0.2) is 4.34 Å². The lowest BCUT2D eigenvalue weighted by Gasteiger charge is -2.05. The van der Waals surface area contributed by atoms with Crippen molar-refractivity contribution in [3.63, 3.8) is 0 Å². The second-order valence-corrected chi connectivity index (χ2v) is 7.31. The van der Waals surface area contributed by atoms with Crippen molar-refractivity contribution in [3.05, 3.63) is 47.5 Å². The van der Waals surface area contributed by atoms with Gasteiger partial charge in [0, 0.05) is 18.1 Å². The summed E-state index contributed by atoms with van der Waals surface area (Å²) in [6.07, 6.45) is 2.64. The normalized spacial score (nSPS) is 11.2. The fourth-order valence-corrected chi connectivity index (χ4v) is 3.74. The molecule has 2 aromatic heterocycles. The van der Waals surface area contributed by atoms with E-state index in [1.165, 1.54) is 46.6 Å². The Hall–Kier alpha value is -2.00. The van der Waals surface area contributed by atoms with Gasteiger partial charge in [-0.3, -0.25) is 4.57 Å². The number of benzene rings is 1. The third kappa shape index (κ3) is 3.90. The van der Waals surface area contributed by atoms with E-state index in [9.17, 15) is 8.78 Å². The van der Waals surface area contributed by atoms with E-state index in [-0.39, 0.29) is 0 Å². The number of nitrogens with zero attached hydrogens (tertiary/aromatic N) is 4. The smallest absolute Gasteiger partial charge is 0.319 e. The summed E-state index contributed by atoms with van der Waals surface area (Å²) in [5, 5.41) is 12.0. The molecule has 0 aliphatic heterocycles. The molecule has 0 aliphatic rings. The molecule has 0 amide bonds. The van der Waals surface area contributed by atoms with Crippen molar-refractivity contribution in [1.82, 2.24) is 19.7 Å². The molecule has 0 saturated heterocycles. The first-order chi connectivity index (χ1) is 11.5. The number of imidazole rings is 1. The van der Waals surface area contributed by atoms with Crippen LogP contribution in [0.4, 0.5) is 19.6 Å². The van der Waals surface area contributed by atoms with Crippen LogP contribution in [0.25, 0.3) is 0 Å². The summed E-state index contributed by atoms with van der Waals surface area (Å²) in [5.41, 5.74) is 3.36. The van der Waals surface area contributed by atoms with E-state index in [1.54, 1.807) is 0 Å². The maximum Gasteiger partial charge on any atom is 0.319 e. The predicted molar refractivity (Wildman–Crippen MR) is 92.1 cm³/mol. The summed E-state index contributed by atoms with van der Waals surface area (Å²) in [5.74, 6) is 0.629. The molecule has 1 N–H and O–H groups in total. The summed E-state index contributed by atoms with van der Waals surface area (Å²) in [6, 6.07) is 6.07. The molecule has 3 aromatic rings. The fourth-order valence-electron chi connectivity index (χ4n) is 2.02. The van der Waals surface area contributed by atoms with E-state index in [0.29, 0.717) is 21.0 Å². The van der Waals surface area contributed by atoms with Crippen LogP contribution in [0.5, 0.6) is 0 Å². The lowest BCUT2D eigenvalue weighted by Crippen LogP contribution is -2.01. The van der Waals surface area contributed by atoms with Gasteiger partial charge < -0.3 is 5.32 Å². The molecule has 0 fully saturated rings. The maximum absolute atomic E-state index is 12.8. The third-order valence-electron chi connectivity index (χ3n) is 3.45. The molecular formula is C15H15F2N5S2. The number of hydrogen-bond donors (Lipinski definition) is 1. The van der Waals surface area contributed by atoms with Crippen LogP contribution in [0.1, 0.15) is 23.5 Å². The second-order valence-electron chi connectivity index (χ2n) is 5.11. The van der Waals surface area contributed by atoms with E-state index < -0.39 is 6.55 Å². The molecule has 3 rings (SSSR count). The summed E-state index contributed by atoms with van der Waals surface area (Å²) >= 11 is 2.71. The van der Waals surface area contributed by atoms with Gasteiger partial charge >= 0.3 is 6.55 Å². The van der Waals surface area contributed by atoms with Gasteiger partial charge in [0.05, 0.1) is 5.75 Å². The van der Waals surface area contributed by atoms with Gasteiger partial charge in [0.1, 0.15) is 5.82 Å². The van der Waals surface area contributed by atoms with Crippen LogP contribution in [0.3, 0.4) is 0 Å². The minimum absolute atomic E-state index is 0.314. The van der Waals surface area contributed by atoms with Crippen molar-refractivity contribution < 1.29 is 8.78 Å². The highest BCUT2D eigenvalue weighted by Crippen LogP contribution is 2.30. The Labute approximate surface area is 146 Å². The topological polar surface area (TPSA) is 55.6 Å². The largest absolute Gasteiger partial charge is 0.330 e. The second kappa shape index (κ2) is 7.27. The fraction of sp³-hybridized carbons (Fsp3) is 0.267. The molecule has 0 unspecified atom stereocenters. The summed E-state index contributed by atoms with van der Waals surface area (Å²) in [6.45, 7) is 1.52. The SMILES string of the molecule is Cc1ccc(Nc2nnc(SCc3nccn3C(F)F)s2)cc1C. The molecule has 9 heteroatoms. The number of nitrogens with one attached hydrogen (secondary N) is 1. The van der Waals surface area contributed by atoms with Crippen LogP contribution < -0.4 is 5.32 Å². The minimum Gasteiger partial charge on any atom is -0.330 e. The van der Waals surface area contributed by atoms with Crippen LogP contribution in [0.2, 0.25) is 0 Å². The average Bonchev–Trinajstić information content (AvgIpc) is 3.18. The number of aromatic nitrogens is 4. The molecular weight excluding hydrogens is 352 g/mol. The zero-order valence-electron chi connectivity index (χ0n) is 13.0. The molecule has 0 saturated carbocycles. The van der Waals surface area contributed by atoms with Crippen molar-refractivity contribution in [2.75, 3.05) is 5.32 Å². The number of hydrogen-bond acceptors (Lipinski definition) is 6. The first-order valence-corrected chi connectivity index (χ1v) is 8.93. The summed E-state index contributed by atoms with van der Waals surface area (Å²) in [7, 11) is 0. The highest BCUT2D eigenvalue weighted by atomic mass is 32.2. The third-order valence-corrected chi connectivity index (χ3v) is 5.42. The van der Waals surface area contributed by atoms with Crippen molar-refractivity contribution in [2.45, 2.75) is 30.5 Å². The molecule has 5 nitrogen and oxygen atoms in total. The quantitative estimate of drug-likeness (QED) is 0.635. The zero-order valence-corrected chi connectivity index (χ0v) is 14.7. The maximum atomic E-state index is 12.8. The van der Waals surface area contributed by atoms with Gasteiger partial charge in [-0.05, 0) is 37.1 Å². The highest BCUT2D eigenvalue weighted by molar-refractivity contribution is 8.00. The molecule has 0 bridgehead atoms. The molecule has 126 valence electrons. The predicted octanol–water partition coefficient (Wildman–Crippen LogP) is 4.78. The van der Waals surface area contributed by atoms with Gasteiger partial charge in [0.25, 0.3) is 0 Å². The number of aryl methyl sites for hydroxylation is 2. The average molecular weight is 367 g/mol. The highest BCUT2D eigenvalue weighted by Gasteiger charge is 2.13. The molecule has 1 aromatic carbocycles.